The molecule has 2 aromatic rings. The zero-order valence-corrected chi connectivity index (χ0v) is 15.0. The number of hydrogen-bond acceptors (Lipinski definition) is 3. The number of rotatable bonds is 8. The minimum Gasteiger partial charge on any atom is -0.493 e. The van der Waals surface area contributed by atoms with Crippen LogP contribution in [0.1, 0.15) is 23.1 Å². The number of carbonyl (C=O) groups excluding carboxylic acids is 1. The van der Waals surface area contributed by atoms with Crippen molar-refractivity contribution in [2.75, 3.05) is 20.8 Å². The van der Waals surface area contributed by atoms with E-state index < -0.39 is 0 Å². The van der Waals surface area contributed by atoms with E-state index in [-0.39, 0.29) is 5.91 Å². The Kier molecular flexibility index (Phi) is 7.08. The van der Waals surface area contributed by atoms with Gasteiger partial charge in [0.05, 0.1) is 14.2 Å². The van der Waals surface area contributed by atoms with E-state index in [1.165, 1.54) is 5.56 Å². The molecule has 0 saturated carbocycles. The summed E-state index contributed by atoms with van der Waals surface area (Å²) in [4.78, 5) is 11.8. The summed E-state index contributed by atoms with van der Waals surface area (Å²) in [6, 6.07) is 13.9. The maximum Gasteiger partial charge on any atom is 0.243 e. The van der Waals surface area contributed by atoms with Gasteiger partial charge in [-0.05, 0) is 49.1 Å². The highest BCUT2D eigenvalue weighted by atomic mass is 16.5. The lowest BCUT2D eigenvalue weighted by atomic mass is 10.1. The lowest BCUT2D eigenvalue weighted by Crippen LogP contribution is -2.22. The highest BCUT2D eigenvalue weighted by Gasteiger charge is 2.04. The van der Waals surface area contributed by atoms with Gasteiger partial charge in [-0.2, -0.15) is 0 Å². The molecular formula is C21H25NO3. The number of benzene rings is 2. The molecule has 0 aromatic heterocycles. The van der Waals surface area contributed by atoms with Crippen molar-refractivity contribution in [3.63, 3.8) is 0 Å². The van der Waals surface area contributed by atoms with Crippen LogP contribution >= 0.6 is 0 Å². The van der Waals surface area contributed by atoms with Crippen molar-refractivity contribution in [3.8, 4) is 11.5 Å². The number of ether oxygens (including phenoxy) is 2. The molecule has 4 nitrogen and oxygen atoms in total. The van der Waals surface area contributed by atoms with Gasteiger partial charge in [-0.15, -0.1) is 0 Å². The molecule has 0 aliphatic heterocycles. The molecule has 2 rings (SSSR count). The molecule has 0 unspecified atom stereocenters. The van der Waals surface area contributed by atoms with Crippen LogP contribution < -0.4 is 14.8 Å². The Balaban J connectivity index is 1.75. The maximum absolute atomic E-state index is 11.8. The normalized spacial score (nSPS) is 10.7. The zero-order valence-electron chi connectivity index (χ0n) is 15.0. The molecule has 1 N–H and O–H groups in total. The smallest absolute Gasteiger partial charge is 0.243 e. The van der Waals surface area contributed by atoms with Crippen molar-refractivity contribution in [1.29, 1.82) is 0 Å². The van der Waals surface area contributed by atoms with Gasteiger partial charge in [-0.25, -0.2) is 0 Å². The summed E-state index contributed by atoms with van der Waals surface area (Å²) in [5.74, 6) is 1.37. The fraction of sp³-hybridized carbons (Fsp3) is 0.286. The lowest BCUT2D eigenvalue weighted by Gasteiger charge is -2.09. The standard InChI is InChI=1S/C21H25NO3/c1-16-6-8-17(9-7-16)11-13-21(23)22-14-4-5-18-10-12-19(24-2)20(15-18)25-3/h6-13,15H,4-5,14H2,1-3H3,(H,22,23)/b13-11+. The summed E-state index contributed by atoms with van der Waals surface area (Å²) in [7, 11) is 3.25. The Hall–Kier alpha value is -2.75. The predicted molar refractivity (Wildman–Crippen MR) is 101 cm³/mol. The third-order valence-corrected chi connectivity index (χ3v) is 3.89. The average molecular weight is 339 g/mol. The molecular weight excluding hydrogens is 314 g/mol. The van der Waals surface area contributed by atoms with Gasteiger partial charge in [-0.1, -0.05) is 35.9 Å². The predicted octanol–water partition coefficient (Wildman–Crippen LogP) is 3.77. The van der Waals surface area contributed by atoms with E-state index in [1.807, 2.05) is 55.5 Å². The fourth-order valence-corrected chi connectivity index (χ4v) is 2.45. The van der Waals surface area contributed by atoms with Crippen LogP contribution in [0.2, 0.25) is 0 Å². The van der Waals surface area contributed by atoms with Crippen LogP contribution in [0.5, 0.6) is 11.5 Å². The number of amides is 1. The molecule has 132 valence electrons. The van der Waals surface area contributed by atoms with E-state index in [0.29, 0.717) is 6.54 Å². The highest BCUT2D eigenvalue weighted by Crippen LogP contribution is 2.27. The molecule has 0 bridgehead atoms. The van der Waals surface area contributed by atoms with Crippen LogP contribution in [0.15, 0.2) is 48.5 Å². The van der Waals surface area contributed by atoms with Gasteiger partial charge in [0.15, 0.2) is 11.5 Å². The van der Waals surface area contributed by atoms with E-state index in [4.69, 9.17) is 9.47 Å². The SMILES string of the molecule is COc1ccc(CCCNC(=O)/C=C/c2ccc(C)cc2)cc1OC. The van der Waals surface area contributed by atoms with Gasteiger partial charge in [0.2, 0.25) is 5.91 Å². The topological polar surface area (TPSA) is 47.6 Å². The molecule has 0 spiro atoms. The molecule has 0 aliphatic carbocycles. The summed E-state index contributed by atoms with van der Waals surface area (Å²) in [5, 5.41) is 2.90. The third kappa shape index (κ3) is 5.99. The Bertz CT molecular complexity index is 720. The van der Waals surface area contributed by atoms with Crippen LogP contribution in [-0.2, 0) is 11.2 Å². The summed E-state index contributed by atoms with van der Waals surface area (Å²) < 4.78 is 10.5. The fourth-order valence-electron chi connectivity index (χ4n) is 2.45. The van der Waals surface area contributed by atoms with E-state index in [9.17, 15) is 4.79 Å². The Morgan fingerprint density at radius 3 is 2.44 bits per heavy atom. The summed E-state index contributed by atoms with van der Waals surface area (Å²) >= 11 is 0. The van der Waals surface area contributed by atoms with Crippen LogP contribution in [0.25, 0.3) is 6.08 Å². The van der Waals surface area contributed by atoms with E-state index in [0.717, 1.165) is 35.5 Å². The van der Waals surface area contributed by atoms with Gasteiger partial charge in [0, 0.05) is 12.6 Å². The number of aryl methyl sites for hydroxylation is 2. The molecule has 0 saturated heterocycles. The number of hydrogen-bond donors (Lipinski definition) is 1. The monoisotopic (exact) mass is 339 g/mol. The molecule has 0 radical (unpaired) electrons. The first kappa shape index (κ1) is 18.6. The molecule has 25 heavy (non-hydrogen) atoms. The van der Waals surface area contributed by atoms with Gasteiger partial charge < -0.3 is 14.8 Å². The van der Waals surface area contributed by atoms with E-state index >= 15 is 0 Å². The van der Waals surface area contributed by atoms with E-state index in [2.05, 4.69) is 5.32 Å². The quantitative estimate of drug-likeness (QED) is 0.588. The number of carbonyl (C=O) groups is 1. The van der Waals surface area contributed by atoms with Crippen molar-refractivity contribution >= 4 is 12.0 Å². The molecule has 1 amide bonds. The molecule has 0 heterocycles. The summed E-state index contributed by atoms with van der Waals surface area (Å²) in [6.45, 7) is 2.67. The third-order valence-electron chi connectivity index (χ3n) is 3.89. The van der Waals surface area contributed by atoms with Crippen molar-refractivity contribution in [3.05, 3.63) is 65.2 Å². The maximum atomic E-state index is 11.8. The highest BCUT2D eigenvalue weighted by molar-refractivity contribution is 5.91. The summed E-state index contributed by atoms with van der Waals surface area (Å²) in [5.41, 5.74) is 3.38. The van der Waals surface area contributed by atoms with Gasteiger partial charge in [0.25, 0.3) is 0 Å². The van der Waals surface area contributed by atoms with Crippen molar-refractivity contribution < 1.29 is 14.3 Å². The molecule has 2 aromatic carbocycles. The van der Waals surface area contributed by atoms with Crippen molar-refractivity contribution in [2.24, 2.45) is 0 Å². The molecule has 0 aliphatic rings. The molecule has 4 heteroatoms. The van der Waals surface area contributed by atoms with E-state index in [1.54, 1.807) is 20.3 Å². The van der Waals surface area contributed by atoms with Gasteiger partial charge in [0.1, 0.15) is 0 Å². The first-order valence-electron chi connectivity index (χ1n) is 8.36. The van der Waals surface area contributed by atoms with Crippen LogP contribution in [0.3, 0.4) is 0 Å². The van der Waals surface area contributed by atoms with Gasteiger partial charge in [-0.3, -0.25) is 4.79 Å². The summed E-state index contributed by atoms with van der Waals surface area (Å²) in [6.07, 6.45) is 5.12. The van der Waals surface area contributed by atoms with Crippen LogP contribution in [0, 0.1) is 6.92 Å². The Morgan fingerprint density at radius 2 is 1.76 bits per heavy atom. The first-order chi connectivity index (χ1) is 12.1. The second-order valence-electron chi connectivity index (χ2n) is 5.83. The molecule has 0 atom stereocenters. The minimum atomic E-state index is -0.0760. The number of methoxy groups -OCH3 is 2. The van der Waals surface area contributed by atoms with Crippen molar-refractivity contribution in [1.82, 2.24) is 5.32 Å². The minimum absolute atomic E-state index is 0.0760. The van der Waals surface area contributed by atoms with Crippen molar-refractivity contribution in [2.45, 2.75) is 19.8 Å². The zero-order chi connectivity index (χ0) is 18.1. The Morgan fingerprint density at radius 1 is 1.04 bits per heavy atom. The second-order valence-corrected chi connectivity index (χ2v) is 5.83. The molecule has 0 fully saturated rings. The Labute approximate surface area is 149 Å². The average Bonchev–Trinajstić information content (AvgIpc) is 2.64. The van der Waals surface area contributed by atoms with Crippen LogP contribution in [0.4, 0.5) is 0 Å². The lowest BCUT2D eigenvalue weighted by molar-refractivity contribution is -0.116. The second kappa shape index (κ2) is 9.52. The first-order valence-corrected chi connectivity index (χ1v) is 8.36. The van der Waals surface area contributed by atoms with Gasteiger partial charge >= 0.3 is 0 Å². The number of nitrogens with one attached hydrogen (secondary N) is 1. The van der Waals surface area contributed by atoms with Crippen LogP contribution in [-0.4, -0.2) is 26.7 Å². The largest absolute Gasteiger partial charge is 0.493 e.